The Bertz CT molecular complexity index is 114. The van der Waals surface area contributed by atoms with Crippen LogP contribution in [0.2, 0.25) is 0 Å². The van der Waals surface area contributed by atoms with E-state index in [0.29, 0.717) is 0 Å². The number of rotatable bonds is 2. The first-order valence-electron chi connectivity index (χ1n) is 4.00. The molecule has 1 saturated heterocycles. The molecule has 0 aliphatic carbocycles. The Balaban J connectivity index is 2.24. The van der Waals surface area contributed by atoms with Crippen molar-refractivity contribution in [1.29, 1.82) is 0 Å². The van der Waals surface area contributed by atoms with Gasteiger partial charge in [0.2, 0.25) is 0 Å². The van der Waals surface area contributed by atoms with Crippen LogP contribution < -0.4 is 0 Å². The van der Waals surface area contributed by atoms with Crippen LogP contribution in [0.1, 0.15) is 26.7 Å². The van der Waals surface area contributed by atoms with Crippen LogP contribution in [0.3, 0.4) is 0 Å². The molecule has 0 amide bonds. The van der Waals surface area contributed by atoms with E-state index in [1.807, 2.05) is 13.8 Å². The van der Waals surface area contributed by atoms with E-state index in [1.165, 1.54) is 0 Å². The zero-order valence-electron chi connectivity index (χ0n) is 7.10. The monoisotopic (exact) mass is 178 g/mol. The zero-order valence-corrected chi connectivity index (χ0v) is 7.86. The summed E-state index contributed by atoms with van der Waals surface area (Å²) in [4.78, 5) is -0.220. The molecule has 1 aliphatic rings. The number of hydrogen-bond acceptors (Lipinski definition) is 2. The van der Waals surface area contributed by atoms with Crippen molar-refractivity contribution in [3.63, 3.8) is 0 Å². The highest BCUT2D eigenvalue weighted by molar-refractivity contribution is 6.23. The van der Waals surface area contributed by atoms with Gasteiger partial charge in [-0.3, -0.25) is 0 Å². The fourth-order valence-corrected chi connectivity index (χ4v) is 1.18. The van der Waals surface area contributed by atoms with E-state index in [9.17, 15) is 0 Å². The van der Waals surface area contributed by atoms with Gasteiger partial charge >= 0.3 is 0 Å². The molecule has 0 radical (unpaired) electrons. The van der Waals surface area contributed by atoms with E-state index in [0.717, 1.165) is 26.1 Å². The quantitative estimate of drug-likeness (QED) is 0.604. The van der Waals surface area contributed by atoms with Crippen molar-refractivity contribution < 1.29 is 9.47 Å². The zero-order chi connectivity index (χ0) is 8.32. The normalized spacial score (nSPS) is 22.1. The van der Waals surface area contributed by atoms with Gasteiger partial charge in [-0.15, -0.1) is 11.6 Å². The summed E-state index contributed by atoms with van der Waals surface area (Å²) in [5.74, 6) is 0. The van der Waals surface area contributed by atoms with Crippen LogP contribution in [0.4, 0.5) is 0 Å². The van der Waals surface area contributed by atoms with Crippen molar-refractivity contribution in [1.82, 2.24) is 0 Å². The van der Waals surface area contributed by atoms with Crippen molar-refractivity contribution >= 4 is 11.6 Å². The van der Waals surface area contributed by atoms with Gasteiger partial charge < -0.3 is 9.47 Å². The molecular weight excluding hydrogens is 164 g/mol. The summed E-state index contributed by atoms with van der Waals surface area (Å²) in [5, 5.41) is 0. The Labute approximate surface area is 72.8 Å². The smallest absolute Gasteiger partial charge is 0.159 e. The van der Waals surface area contributed by atoms with Gasteiger partial charge in [0.1, 0.15) is 0 Å². The first kappa shape index (κ1) is 9.30. The molecular formula is C8H15ClO2. The Morgan fingerprint density at radius 3 is 2.36 bits per heavy atom. The lowest BCUT2D eigenvalue weighted by atomic mass is 10.1. The van der Waals surface area contributed by atoms with Crippen LogP contribution >= 0.6 is 11.6 Å². The van der Waals surface area contributed by atoms with E-state index in [2.05, 4.69) is 0 Å². The molecule has 0 bridgehead atoms. The minimum absolute atomic E-state index is 0.0868. The molecule has 0 aromatic rings. The van der Waals surface area contributed by atoms with Crippen LogP contribution in [0.5, 0.6) is 0 Å². The lowest BCUT2D eigenvalue weighted by Crippen LogP contribution is -2.30. The lowest BCUT2D eigenvalue weighted by molar-refractivity contribution is -0.183. The van der Waals surface area contributed by atoms with Gasteiger partial charge in [-0.05, 0) is 20.3 Å². The van der Waals surface area contributed by atoms with Crippen LogP contribution in [0.25, 0.3) is 0 Å². The van der Waals surface area contributed by atoms with Gasteiger partial charge in [-0.1, -0.05) is 0 Å². The second kappa shape index (κ2) is 3.74. The van der Waals surface area contributed by atoms with Crippen molar-refractivity contribution in [2.45, 2.75) is 37.9 Å². The van der Waals surface area contributed by atoms with Crippen LogP contribution in [-0.2, 0) is 9.47 Å². The van der Waals surface area contributed by atoms with Gasteiger partial charge in [0, 0.05) is 11.3 Å². The summed E-state index contributed by atoms with van der Waals surface area (Å²) in [6.07, 6.45) is 1.67. The van der Waals surface area contributed by atoms with Crippen LogP contribution in [0, 0.1) is 0 Å². The van der Waals surface area contributed by atoms with E-state index in [-0.39, 0.29) is 11.2 Å². The van der Waals surface area contributed by atoms with Crippen molar-refractivity contribution in [2.75, 3.05) is 13.2 Å². The SMILES string of the molecule is CC(C)(Cl)CC1OCCCO1. The third kappa shape index (κ3) is 3.94. The minimum atomic E-state index is -0.220. The van der Waals surface area contributed by atoms with E-state index in [1.54, 1.807) is 0 Å². The van der Waals surface area contributed by atoms with Crippen molar-refractivity contribution in [2.24, 2.45) is 0 Å². The summed E-state index contributed by atoms with van der Waals surface area (Å²) < 4.78 is 10.7. The molecule has 1 heterocycles. The molecule has 0 saturated carbocycles. The molecule has 1 fully saturated rings. The Kier molecular flexibility index (Phi) is 3.16. The predicted octanol–water partition coefficient (Wildman–Crippen LogP) is 2.16. The highest BCUT2D eigenvalue weighted by Gasteiger charge is 2.23. The number of ether oxygens (including phenoxy) is 2. The second-order valence-electron chi connectivity index (χ2n) is 3.45. The molecule has 0 atom stereocenters. The second-order valence-corrected chi connectivity index (χ2v) is 4.47. The number of alkyl halides is 1. The lowest BCUT2D eigenvalue weighted by Gasteiger charge is -2.27. The average Bonchev–Trinajstić information content (AvgIpc) is 1.85. The molecule has 3 heteroatoms. The molecule has 0 unspecified atom stereocenters. The van der Waals surface area contributed by atoms with Crippen molar-refractivity contribution in [3.05, 3.63) is 0 Å². The third-order valence-electron chi connectivity index (χ3n) is 1.55. The first-order valence-corrected chi connectivity index (χ1v) is 4.38. The fraction of sp³-hybridized carbons (Fsp3) is 1.00. The molecule has 11 heavy (non-hydrogen) atoms. The predicted molar refractivity (Wildman–Crippen MR) is 44.9 cm³/mol. The average molecular weight is 179 g/mol. The molecule has 1 aliphatic heterocycles. The number of halogens is 1. The summed E-state index contributed by atoms with van der Waals surface area (Å²) in [7, 11) is 0. The minimum Gasteiger partial charge on any atom is -0.353 e. The summed E-state index contributed by atoms with van der Waals surface area (Å²) in [6.45, 7) is 5.54. The molecule has 0 aromatic carbocycles. The molecule has 0 N–H and O–H groups in total. The van der Waals surface area contributed by atoms with Crippen LogP contribution in [0.15, 0.2) is 0 Å². The molecule has 0 spiro atoms. The maximum atomic E-state index is 6.01. The maximum Gasteiger partial charge on any atom is 0.159 e. The highest BCUT2D eigenvalue weighted by Crippen LogP contribution is 2.23. The Morgan fingerprint density at radius 2 is 1.91 bits per heavy atom. The van der Waals surface area contributed by atoms with Gasteiger partial charge in [0.25, 0.3) is 0 Å². The topological polar surface area (TPSA) is 18.5 Å². The van der Waals surface area contributed by atoms with Gasteiger partial charge in [0.15, 0.2) is 6.29 Å². The molecule has 1 rings (SSSR count). The maximum absolute atomic E-state index is 6.01. The first-order chi connectivity index (χ1) is 5.08. The van der Waals surface area contributed by atoms with Gasteiger partial charge in [0.05, 0.1) is 13.2 Å². The van der Waals surface area contributed by atoms with Gasteiger partial charge in [-0.25, -0.2) is 0 Å². The van der Waals surface area contributed by atoms with E-state index < -0.39 is 0 Å². The third-order valence-corrected chi connectivity index (χ3v) is 1.70. The largest absolute Gasteiger partial charge is 0.353 e. The highest BCUT2D eigenvalue weighted by atomic mass is 35.5. The number of hydrogen-bond donors (Lipinski definition) is 0. The van der Waals surface area contributed by atoms with Crippen LogP contribution in [-0.4, -0.2) is 24.4 Å². The summed E-state index contributed by atoms with van der Waals surface area (Å²) >= 11 is 6.01. The van der Waals surface area contributed by atoms with E-state index in [4.69, 9.17) is 21.1 Å². The Morgan fingerprint density at radius 1 is 1.36 bits per heavy atom. The van der Waals surface area contributed by atoms with Crippen molar-refractivity contribution in [3.8, 4) is 0 Å². The molecule has 0 aromatic heterocycles. The Hall–Kier alpha value is 0.210. The fourth-order valence-electron chi connectivity index (χ4n) is 1.05. The standard InChI is InChI=1S/C8H15ClO2/c1-8(2,9)6-7-10-4-3-5-11-7/h7H,3-6H2,1-2H3. The summed E-state index contributed by atoms with van der Waals surface area (Å²) in [5.41, 5.74) is 0. The van der Waals surface area contributed by atoms with E-state index >= 15 is 0 Å². The molecule has 2 nitrogen and oxygen atoms in total. The summed E-state index contributed by atoms with van der Waals surface area (Å²) in [6, 6.07) is 0. The molecule has 66 valence electrons. The van der Waals surface area contributed by atoms with Gasteiger partial charge in [-0.2, -0.15) is 0 Å².